The molecule has 7 heteroatoms. The zero-order valence-electron chi connectivity index (χ0n) is 15.3. The highest BCUT2D eigenvalue weighted by Gasteiger charge is 2.17. The monoisotopic (exact) mass is 419 g/mol. The highest BCUT2D eigenvalue weighted by atomic mass is 32.2. The number of hydrogen-bond acceptors (Lipinski definition) is 5. The van der Waals surface area contributed by atoms with Crippen molar-refractivity contribution >= 4 is 50.7 Å². The first-order valence-electron chi connectivity index (χ1n) is 8.87. The maximum atomic E-state index is 12.9. The predicted octanol–water partition coefficient (Wildman–Crippen LogP) is 4.79. The molecule has 1 aromatic heterocycles. The van der Waals surface area contributed by atoms with Crippen LogP contribution in [0.4, 0.5) is 5.00 Å². The van der Waals surface area contributed by atoms with E-state index >= 15 is 0 Å². The largest absolute Gasteiger partial charge is 0.369 e. The van der Waals surface area contributed by atoms with Crippen molar-refractivity contribution in [2.75, 3.05) is 11.1 Å². The van der Waals surface area contributed by atoms with Crippen LogP contribution in [0.1, 0.15) is 10.4 Å². The van der Waals surface area contributed by atoms with E-state index in [1.165, 1.54) is 23.1 Å². The van der Waals surface area contributed by atoms with Crippen molar-refractivity contribution in [3.05, 3.63) is 78.4 Å². The molecule has 2 amide bonds. The molecule has 0 radical (unpaired) electrons. The molecular formula is C22H17N3O2S2. The standard InChI is InChI=1S/C22H17N3O2S2/c23-18(26)13-28-22-24-19(15-7-2-1-3-8-15)21(29-22)25-20(27)17-11-10-14-6-4-5-9-16(14)12-17/h1-12H,13H2,(H2,23,26)(H,25,27). The number of carbonyl (C=O) groups excluding carboxylic acids is 2. The van der Waals surface area contributed by atoms with Crippen LogP contribution in [-0.2, 0) is 4.79 Å². The summed E-state index contributed by atoms with van der Waals surface area (Å²) < 4.78 is 0.677. The highest BCUT2D eigenvalue weighted by Crippen LogP contribution is 2.37. The Bertz CT molecular complexity index is 1190. The Morgan fingerprint density at radius 1 is 0.966 bits per heavy atom. The normalized spacial score (nSPS) is 10.8. The van der Waals surface area contributed by atoms with Crippen molar-refractivity contribution in [3.8, 4) is 11.3 Å². The van der Waals surface area contributed by atoms with Crippen molar-refractivity contribution < 1.29 is 9.59 Å². The van der Waals surface area contributed by atoms with Gasteiger partial charge in [0.15, 0.2) is 4.34 Å². The van der Waals surface area contributed by atoms with Gasteiger partial charge >= 0.3 is 0 Å². The number of carbonyl (C=O) groups is 2. The van der Waals surface area contributed by atoms with E-state index in [1.54, 1.807) is 0 Å². The molecule has 0 spiro atoms. The number of nitrogens with one attached hydrogen (secondary N) is 1. The molecule has 0 aliphatic carbocycles. The summed E-state index contributed by atoms with van der Waals surface area (Å²) in [6.45, 7) is 0. The molecule has 0 bridgehead atoms. The van der Waals surface area contributed by atoms with Crippen molar-refractivity contribution in [2.45, 2.75) is 4.34 Å². The molecule has 144 valence electrons. The first kappa shape index (κ1) is 19.2. The molecular weight excluding hydrogens is 402 g/mol. The summed E-state index contributed by atoms with van der Waals surface area (Å²) in [5.74, 6) is -0.476. The zero-order chi connectivity index (χ0) is 20.2. The van der Waals surface area contributed by atoms with E-state index in [2.05, 4.69) is 10.3 Å². The van der Waals surface area contributed by atoms with Gasteiger partial charge in [-0.2, -0.15) is 0 Å². The zero-order valence-corrected chi connectivity index (χ0v) is 16.9. The van der Waals surface area contributed by atoms with Gasteiger partial charge in [-0.15, -0.1) is 0 Å². The number of anilines is 1. The molecule has 0 saturated heterocycles. The van der Waals surface area contributed by atoms with E-state index in [0.29, 0.717) is 20.6 Å². The maximum absolute atomic E-state index is 12.9. The number of amides is 2. The molecule has 0 atom stereocenters. The predicted molar refractivity (Wildman–Crippen MR) is 119 cm³/mol. The van der Waals surface area contributed by atoms with Gasteiger partial charge in [0.25, 0.3) is 5.91 Å². The summed E-state index contributed by atoms with van der Waals surface area (Å²) in [5, 5.41) is 5.71. The van der Waals surface area contributed by atoms with Crippen molar-refractivity contribution in [1.82, 2.24) is 4.98 Å². The topological polar surface area (TPSA) is 85.1 Å². The molecule has 5 nitrogen and oxygen atoms in total. The lowest BCUT2D eigenvalue weighted by atomic mass is 10.1. The number of thiazole rings is 1. The van der Waals surface area contributed by atoms with Gasteiger partial charge in [-0.05, 0) is 22.9 Å². The van der Waals surface area contributed by atoms with E-state index in [4.69, 9.17) is 5.73 Å². The minimum absolute atomic E-state index is 0.139. The molecule has 4 aromatic rings. The van der Waals surface area contributed by atoms with Crippen molar-refractivity contribution in [3.63, 3.8) is 0 Å². The fourth-order valence-corrected chi connectivity index (χ4v) is 4.68. The molecule has 0 aliphatic rings. The molecule has 3 aromatic carbocycles. The Balaban J connectivity index is 1.65. The Kier molecular flexibility index (Phi) is 5.59. The second-order valence-electron chi connectivity index (χ2n) is 6.29. The van der Waals surface area contributed by atoms with Crippen molar-refractivity contribution in [2.24, 2.45) is 5.73 Å². The number of primary amides is 1. The van der Waals surface area contributed by atoms with Gasteiger partial charge in [0.1, 0.15) is 10.7 Å². The lowest BCUT2D eigenvalue weighted by molar-refractivity contribution is -0.115. The third kappa shape index (κ3) is 4.47. The minimum atomic E-state index is -0.409. The molecule has 1 heterocycles. The molecule has 4 rings (SSSR count). The maximum Gasteiger partial charge on any atom is 0.256 e. The quantitative estimate of drug-likeness (QED) is 0.440. The minimum Gasteiger partial charge on any atom is -0.369 e. The van der Waals surface area contributed by atoms with Gasteiger partial charge in [-0.1, -0.05) is 83.8 Å². The number of nitrogens with two attached hydrogens (primary N) is 1. The second kappa shape index (κ2) is 8.46. The van der Waals surface area contributed by atoms with Crippen LogP contribution in [0.15, 0.2) is 77.1 Å². The fraction of sp³-hybridized carbons (Fsp3) is 0.0455. The first-order chi connectivity index (χ1) is 14.1. The Hall–Kier alpha value is -3.16. The Morgan fingerprint density at radius 3 is 2.45 bits per heavy atom. The molecule has 0 aliphatic heterocycles. The van der Waals surface area contributed by atoms with Crippen LogP contribution in [0.2, 0.25) is 0 Å². The molecule has 0 fully saturated rings. The van der Waals surface area contributed by atoms with Crippen LogP contribution in [0.5, 0.6) is 0 Å². The third-order valence-electron chi connectivity index (χ3n) is 4.23. The molecule has 0 unspecified atom stereocenters. The van der Waals surface area contributed by atoms with E-state index in [0.717, 1.165) is 16.3 Å². The summed E-state index contributed by atoms with van der Waals surface area (Å²) >= 11 is 2.60. The number of aromatic nitrogens is 1. The summed E-state index contributed by atoms with van der Waals surface area (Å²) in [5.41, 5.74) is 7.39. The highest BCUT2D eigenvalue weighted by molar-refractivity contribution is 8.01. The summed E-state index contributed by atoms with van der Waals surface area (Å²) in [7, 11) is 0. The van der Waals surface area contributed by atoms with Crippen molar-refractivity contribution in [1.29, 1.82) is 0 Å². The lowest BCUT2D eigenvalue weighted by Crippen LogP contribution is -2.12. The van der Waals surface area contributed by atoms with E-state index in [1.807, 2.05) is 72.8 Å². The van der Waals surface area contributed by atoms with Gasteiger partial charge in [-0.3, -0.25) is 9.59 Å². The Labute approximate surface area is 176 Å². The van der Waals surface area contributed by atoms with Crippen LogP contribution in [0.3, 0.4) is 0 Å². The van der Waals surface area contributed by atoms with E-state index in [9.17, 15) is 9.59 Å². The van der Waals surface area contributed by atoms with Gasteiger partial charge in [0.05, 0.1) is 5.75 Å². The average Bonchev–Trinajstić information content (AvgIpc) is 3.15. The second-order valence-corrected chi connectivity index (χ2v) is 8.52. The average molecular weight is 420 g/mol. The molecule has 3 N–H and O–H groups in total. The van der Waals surface area contributed by atoms with Gasteiger partial charge in [0.2, 0.25) is 5.91 Å². The van der Waals surface area contributed by atoms with Crippen LogP contribution >= 0.6 is 23.1 Å². The molecule has 0 saturated carbocycles. The number of hydrogen-bond donors (Lipinski definition) is 2. The number of rotatable bonds is 6. The number of benzene rings is 3. The van der Waals surface area contributed by atoms with Crippen LogP contribution in [0, 0.1) is 0 Å². The number of fused-ring (bicyclic) bond motifs is 1. The third-order valence-corrected chi connectivity index (χ3v) is 6.37. The van der Waals surface area contributed by atoms with E-state index < -0.39 is 5.91 Å². The SMILES string of the molecule is NC(=O)CSc1nc(-c2ccccc2)c(NC(=O)c2ccc3ccccc3c2)s1. The van der Waals surface area contributed by atoms with Crippen LogP contribution < -0.4 is 11.1 Å². The number of nitrogens with zero attached hydrogens (tertiary/aromatic N) is 1. The van der Waals surface area contributed by atoms with Gasteiger partial charge < -0.3 is 11.1 Å². The van der Waals surface area contributed by atoms with Gasteiger partial charge in [0, 0.05) is 11.1 Å². The fourth-order valence-electron chi connectivity index (χ4n) is 2.88. The smallest absolute Gasteiger partial charge is 0.256 e. The summed E-state index contributed by atoms with van der Waals surface area (Å²) in [6.07, 6.45) is 0. The van der Waals surface area contributed by atoms with Gasteiger partial charge in [-0.25, -0.2) is 4.98 Å². The number of thioether (sulfide) groups is 1. The van der Waals surface area contributed by atoms with E-state index in [-0.39, 0.29) is 11.7 Å². The summed E-state index contributed by atoms with van der Waals surface area (Å²) in [4.78, 5) is 28.6. The van der Waals surface area contributed by atoms with Crippen LogP contribution in [0.25, 0.3) is 22.0 Å². The Morgan fingerprint density at radius 2 is 1.69 bits per heavy atom. The molecule has 29 heavy (non-hydrogen) atoms. The first-order valence-corrected chi connectivity index (χ1v) is 10.7. The van der Waals surface area contributed by atoms with Crippen LogP contribution in [-0.4, -0.2) is 22.6 Å². The lowest BCUT2D eigenvalue weighted by Gasteiger charge is -2.06. The summed E-state index contributed by atoms with van der Waals surface area (Å²) in [6, 6.07) is 23.1.